The van der Waals surface area contributed by atoms with Gasteiger partial charge in [-0.2, -0.15) is 4.31 Å². The van der Waals surface area contributed by atoms with Gasteiger partial charge in [-0.3, -0.25) is 4.79 Å². The van der Waals surface area contributed by atoms with Gasteiger partial charge in [0.15, 0.2) is 11.5 Å². The smallest absolute Gasteiger partial charge is 0.340 e. The van der Waals surface area contributed by atoms with Gasteiger partial charge in [-0.25, -0.2) is 13.2 Å². The maximum Gasteiger partial charge on any atom is 0.340 e. The highest BCUT2D eigenvalue weighted by Gasteiger charge is 2.25. The van der Waals surface area contributed by atoms with Crippen LogP contribution in [0, 0.1) is 0 Å². The number of hydrogen-bond donors (Lipinski definition) is 1. The molecule has 0 aliphatic rings. The molecule has 0 aliphatic carbocycles. The van der Waals surface area contributed by atoms with Gasteiger partial charge in [-0.15, -0.1) is 0 Å². The number of esters is 1. The number of sulfonamides is 1. The number of amides is 1. The standard InChI is InChI=1S/C21H26N2O8S/c1-6-31-14-7-9-15(10-8-14)32(26,27)23(2)13-20(24)22-17-12-19(29-4)18(28-3)11-16(17)21(25)30-5/h7-12H,6,13H2,1-5H3,(H,22,24). The van der Waals surface area contributed by atoms with Crippen LogP contribution in [0.2, 0.25) is 0 Å². The third kappa shape index (κ3) is 5.68. The molecule has 0 fully saturated rings. The van der Waals surface area contributed by atoms with Gasteiger partial charge in [0, 0.05) is 19.2 Å². The topological polar surface area (TPSA) is 120 Å². The first-order chi connectivity index (χ1) is 15.2. The van der Waals surface area contributed by atoms with Crippen molar-refractivity contribution in [3.05, 3.63) is 42.0 Å². The predicted octanol–water partition coefficient (Wildman–Crippen LogP) is 2.15. The molecular weight excluding hydrogens is 440 g/mol. The Morgan fingerprint density at radius 3 is 2.12 bits per heavy atom. The summed E-state index contributed by atoms with van der Waals surface area (Å²) in [4.78, 5) is 24.7. The van der Waals surface area contributed by atoms with Crippen LogP contribution >= 0.6 is 0 Å². The van der Waals surface area contributed by atoms with Crippen molar-refractivity contribution >= 4 is 27.6 Å². The van der Waals surface area contributed by atoms with Crippen molar-refractivity contribution < 1.29 is 37.0 Å². The van der Waals surface area contributed by atoms with E-state index in [9.17, 15) is 18.0 Å². The molecule has 0 unspecified atom stereocenters. The van der Waals surface area contributed by atoms with E-state index in [0.717, 1.165) is 4.31 Å². The van der Waals surface area contributed by atoms with Crippen molar-refractivity contribution in [1.82, 2.24) is 4.31 Å². The van der Waals surface area contributed by atoms with Crippen molar-refractivity contribution in [3.8, 4) is 17.2 Å². The quantitative estimate of drug-likeness (QED) is 0.529. The average Bonchev–Trinajstić information content (AvgIpc) is 2.78. The summed E-state index contributed by atoms with van der Waals surface area (Å²) in [5, 5.41) is 2.53. The number of rotatable bonds is 10. The van der Waals surface area contributed by atoms with Crippen molar-refractivity contribution in [3.63, 3.8) is 0 Å². The minimum atomic E-state index is -3.93. The Labute approximate surface area is 187 Å². The normalized spacial score (nSPS) is 11.1. The fourth-order valence-electron chi connectivity index (χ4n) is 2.79. The van der Waals surface area contributed by atoms with Gasteiger partial charge in [0.25, 0.3) is 0 Å². The number of hydrogen-bond acceptors (Lipinski definition) is 8. The molecule has 2 aromatic carbocycles. The van der Waals surface area contributed by atoms with Crippen LogP contribution in [0.4, 0.5) is 5.69 Å². The van der Waals surface area contributed by atoms with E-state index < -0.39 is 28.4 Å². The van der Waals surface area contributed by atoms with Gasteiger partial charge >= 0.3 is 5.97 Å². The highest BCUT2D eigenvalue weighted by Crippen LogP contribution is 2.33. The number of likely N-dealkylation sites (N-methyl/N-ethyl adjacent to an activating group) is 1. The Kier molecular flexibility index (Phi) is 8.44. The third-order valence-corrected chi connectivity index (χ3v) is 6.23. The number of anilines is 1. The number of ether oxygens (including phenoxy) is 4. The summed E-state index contributed by atoms with van der Waals surface area (Å²) >= 11 is 0. The highest BCUT2D eigenvalue weighted by atomic mass is 32.2. The molecule has 1 amide bonds. The lowest BCUT2D eigenvalue weighted by Gasteiger charge is -2.18. The minimum absolute atomic E-state index is 0.0117. The van der Waals surface area contributed by atoms with Crippen molar-refractivity contribution in [1.29, 1.82) is 0 Å². The van der Waals surface area contributed by atoms with Crippen LogP contribution in [-0.2, 0) is 19.6 Å². The van der Waals surface area contributed by atoms with E-state index in [2.05, 4.69) is 5.32 Å². The molecule has 0 saturated heterocycles. The predicted molar refractivity (Wildman–Crippen MR) is 117 cm³/mol. The van der Waals surface area contributed by atoms with Gasteiger partial charge < -0.3 is 24.3 Å². The zero-order chi connectivity index (χ0) is 23.9. The average molecular weight is 467 g/mol. The van der Waals surface area contributed by atoms with Crippen LogP contribution in [0.25, 0.3) is 0 Å². The van der Waals surface area contributed by atoms with Gasteiger partial charge in [0.1, 0.15) is 5.75 Å². The first-order valence-corrected chi connectivity index (χ1v) is 10.9. The summed E-state index contributed by atoms with van der Waals surface area (Å²) in [5.74, 6) is -0.307. The molecule has 0 spiro atoms. The van der Waals surface area contributed by atoms with Crippen LogP contribution in [0.3, 0.4) is 0 Å². The van der Waals surface area contributed by atoms with E-state index in [4.69, 9.17) is 18.9 Å². The summed E-state index contributed by atoms with van der Waals surface area (Å²) in [7, 11) is 1.35. The van der Waals surface area contributed by atoms with Gasteiger partial charge in [0.2, 0.25) is 15.9 Å². The summed E-state index contributed by atoms with van der Waals surface area (Å²) in [5.41, 5.74) is 0.113. The van der Waals surface area contributed by atoms with Crippen LogP contribution in [0.5, 0.6) is 17.2 Å². The number of carbonyl (C=O) groups excluding carboxylic acids is 2. The molecule has 0 heterocycles. The molecule has 0 saturated carbocycles. The molecule has 0 atom stereocenters. The molecule has 32 heavy (non-hydrogen) atoms. The molecule has 0 aromatic heterocycles. The van der Waals surface area contributed by atoms with E-state index in [1.165, 1.54) is 64.8 Å². The lowest BCUT2D eigenvalue weighted by molar-refractivity contribution is -0.116. The van der Waals surface area contributed by atoms with Gasteiger partial charge in [-0.1, -0.05) is 0 Å². The summed E-state index contributed by atoms with van der Waals surface area (Å²) < 4.78 is 46.9. The summed E-state index contributed by atoms with van der Waals surface area (Å²) in [6.07, 6.45) is 0. The zero-order valence-electron chi connectivity index (χ0n) is 18.5. The molecule has 10 nitrogen and oxygen atoms in total. The molecule has 2 aromatic rings. The van der Waals surface area contributed by atoms with E-state index in [1.807, 2.05) is 6.92 Å². The Bertz CT molecular complexity index is 1070. The maximum atomic E-state index is 12.8. The van der Waals surface area contributed by atoms with Crippen molar-refractivity contribution in [2.45, 2.75) is 11.8 Å². The molecule has 0 aliphatic heterocycles. The molecule has 0 bridgehead atoms. The van der Waals surface area contributed by atoms with E-state index in [0.29, 0.717) is 12.4 Å². The Hall–Kier alpha value is -3.31. The molecule has 1 N–H and O–H groups in total. The monoisotopic (exact) mass is 466 g/mol. The lowest BCUT2D eigenvalue weighted by Crippen LogP contribution is -2.35. The van der Waals surface area contributed by atoms with Crippen LogP contribution in [-0.4, -0.2) is 66.1 Å². The number of carbonyl (C=O) groups is 2. The second-order valence-electron chi connectivity index (χ2n) is 6.46. The summed E-state index contributed by atoms with van der Waals surface area (Å²) in [6, 6.07) is 8.63. The fourth-order valence-corrected chi connectivity index (χ4v) is 3.92. The molecular formula is C21H26N2O8S. The molecule has 2 rings (SSSR count). The van der Waals surface area contributed by atoms with E-state index in [1.54, 1.807) is 0 Å². The number of nitrogens with zero attached hydrogens (tertiary/aromatic N) is 1. The number of methoxy groups -OCH3 is 3. The van der Waals surface area contributed by atoms with E-state index in [-0.39, 0.29) is 27.6 Å². The molecule has 11 heteroatoms. The number of nitrogens with one attached hydrogen (secondary N) is 1. The Morgan fingerprint density at radius 2 is 1.59 bits per heavy atom. The Morgan fingerprint density at radius 1 is 1.00 bits per heavy atom. The third-order valence-electron chi connectivity index (χ3n) is 4.41. The largest absolute Gasteiger partial charge is 0.494 e. The van der Waals surface area contributed by atoms with Crippen LogP contribution in [0.1, 0.15) is 17.3 Å². The van der Waals surface area contributed by atoms with Gasteiger partial charge in [-0.05, 0) is 31.2 Å². The van der Waals surface area contributed by atoms with Crippen molar-refractivity contribution in [2.24, 2.45) is 0 Å². The lowest BCUT2D eigenvalue weighted by atomic mass is 10.1. The second-order valence-corrected chi connectivity index (χ2v) is 8.50. The molecule has 0 radical (unpaired) electrons. The second kappa shape index (κ2) is 10.8. The SMILES string of the molecule is CCOc1ccc(S(=O)(=O)N(C)CC(=O)Nc2cc(OC)c(OC)cc2C(=O)OC)cc1. The number of benzene rings is 2. The fraction of sp³-hybridized carbons (Fsp3) is 0.333. The highest BCUT2D eigenvalue weighted by molar-refractivity contribution is 7.89. The van der Waals surface area contributed by atoms with E-state index >= 15 is 0 Å². The van der Waals surface area contributed by atoms with Crippen molar-refractivity contribution in [2.75, 3.05) is 46.8 Å². The maximum absolute atomic E-state index is 12.8. The first kappa shape index (κ1) is 25.0. The summed E-state index contributed by atoms with van der Waals surface area (Å²) in [6.45, 7) is 1.78. The molecule has 174 valence electrons. The Balaban J connectivity index is 2.23. The van der Waals surface area contributed by atoms with Gasteiger partial charge in [0.05, 0.1) is 50.6 Å². The van der Waals surface area contributed by atoms with Crippen LogP contribution < -0.4 is 19.5 Å². The minimum Gasteiger partial charge on any atom is -0.494 e. The van der Waals surface area contributed by atoms with Crippen LogP contribution in [0.15, 0.2) is 41.3 Å². The zero-order valence-corrected chi connectivity index (χ0v) is 19.3. The first-order valence-electron chi connectivity index (χ1n) is 9.51.